The monoisotopic (exact) mass is 245 g/mol. The van der Waals surface area contributed by atoms with Gasteiger partial charge in [0.15, 0.2) is 0 Å². The van der Waals surface area contributed by atoms with Crippen molar-refractivity contribution in [3.63, 3.8) is 0 Å². The van der Waals surface area contributed by atoms with Gasteiger partial charge in [-0.2, -0.15) is 0 Å². The lowest BCUT2D eigenvalue weighted by atomic mass is 10.2. The van der Waals surface area contributed by atoms with Gasteiger partial charge >= 0.3 is 0 Å². The van der Waals surface area contributed by atoms with Crippen LogP contribution in [-0.4, -0.2) is 23.6 Å². The number of rotatable bonds is 2. The van der Waals surface area contributed by atoms with E-state index in [1.165, 1.54) is 5.56 Å². The van der Waals surface area contributed by atoms with Crippen LogP contribution in [0.5, 0.6) is 0 Å². The smallest absolute Gasteiger partial charge is 0.206 e. The summed E-state index contributed by atoms with van der Waals surface area (Å²) >= 11 is 5.30. The Morgan fingerprint density at radius 3 is 2.29 bits per heavy atom. The van der Waals surface area contributed by atoms with Crippen LogP contribution in [0.25, 0.3) is 5.69 Å². The first-order chi connectivity index (χ1) is 8.08. The normalized spacial score (nSPS) is 10.3. The van der Waals surface area contributed by atoms with Gasteiger partial charge in [-0.3, -0.25) is 4.57 Å². The summed E-state index contributed by atoms with van der Waals surface area (Å²) in [5.74, 6) is 0.873. The molecule has 1 aromatic heterocycles. The van der Waals surface area contributed by atoms with Crippen LogP contribution in [0.15, 0.2) is 36.5 Å². The van der Waals surface area contributed by atoms with Crippen molar-refractivity contribution in [2.75, 3.05) is 19.0 Å². The third kappa shape index (κ3) is 2.53. The summed E-state index contributed by atoms with van der Waals surface area (Å²) in [6.45, 7) is 2.07. The molecule has 0 atom stereocenters. The van der Waals surface area contributed by atoms with Crippen molar-refractivity contribution in [1.82, 2.24) is 9.55 Å². The average molecular weight is 245 g/mol. The maximum Gasteiger partial charge on any atom is 0.206 e. The number of benzene rings is 1. The first-order valence-corrected chi connectivity index (χ1v) is 5.83. The molecule has 0 aliphatic heterocycles. The minimum absolute atomic E-state index is 0.569. The van der Waals surface area contributed by atoms with Crippen LogP contribution in [0.3, 0.4) is 0 Å². The molecule has 88 valence electrons. The zero-order chi connectivity index (χ0) is 12.4. The van der Waals surface area contributed by atoms with E-state index in [-0.39, 0.29) is 0 Å². The van der Waals surface area contributed by atoms with Gasteiger partial charge in [0, 0.05) is 26.0 Å². The van der Waals surface area contributed by atoms with Gasteiger partial charge in [0.25, 0.3) is 0 Å². The summed E-state index contributed by atoms with van der Waals surface area (Å²) in [6, 6.07) is 10.2. The van der Waals surface area contributed by atoms with Gasteiger partial charge in [0.1, 0.15) is 5.82 Å². The molecule has 0 radical (unpaired) electrons. The first kappa shape index (κ1) is 11.8. The molecule has 4 heteroatoms. The van der Waals surface area contributed by atoms with E-state index in [0.29, 0.717) is 4.77 Å². The van der Waals surface area contributed by atoms with Gasteiger partial charge in [-0.1, -0.05) is 17.7 Å². The van der Waals surface area contributed by atoms with Gasteiger partial charge < -0.3 is 4.90 Å². The molecule has 0 N–H and O–H groups in total. The topological polar surface area (TPSA) is 21.1 Å². The van der Waals surface area contributed by atoms with E-state index in [1.54, 1.807) is 0 Å². The largest absolute Gasteiger partial charge is 0.363 e. The van der Waals surface area contributed by atoms with Gasteiger partial charge in [-0.15, -0.1) is 0 Å². The van der Waals surface area contributed by atoms with Gasteiger partial charge in [0.2, 0.25) is 4.77 Å². The van der Waals surface area contributed by atoms with E-state index in [2.05, 4.69) is 24.0 Å². The number of hydrogen-bond donors (Lipinski definition) is 0. The van der Waals surface area contributed by atoms with Gasteiger partial charge in [-0.05, 0) is 37.3 Å². The number of aromatic nitrogens is 2. The summed E-state index contributed by atoms with van der Waals surface area (Å²) < 4.78 is 2.47. The second-order valence-corrected chi connectivity index (χ2v) is 4.53. The van der Waals surface area contributed by atoms with Crippen molar-refractivity contribution in [3.05, 3.63) is 46.9 Å². The molecule has 0 spiro atoms. The number of nitrogens with zero attached hydrogens (tertiary/aromatic N) is 3. The Hall–Kier alpha value is -1.68. The minimum atomic E-state index is 0.569. The van der Waals surface area contributed by atoms with Crippen LogP contribution in [0.1, 0.15) is 5.56 Å². The highest BCUT2D eigenvalue weighted by Crippen LogP contribution is 2.12. The number of anilines is 1. The molecule has 1 heterocycles. The van der Waals surface area contributed by atoms with Crippen molar-refractivity contribution < 1.29 is 0 Å². The SMILES string of the molecule is Cc1ccc(-n2ccc(N(C)C)nc2=S)cc1. The molecule has 0 aliphatic rings. The third-order valence-corrected chi connectivity index (χ3v) is 2.85. The summed E-state index contributed by atoms with van der Waals surface area (Å²) in [4.78, 5) is 6.31. The molecule has 0 saturated carbocycles. The molecule has 17 heavy (non-hydrogen) atoms. The minimum Gasteiger partial charge on any atom is -0.363 e. The van der Waals surface area contributed by atoms with E-state index < -0.39 is 0 Å². The standard InChI is InChI=1S/C13H15N3S/c1-10-4-6-11(7-5-10)16-9-8-12(15(2)3)14-13(16)17/h4-9H,1-3H3. The molecule has 0 bridgehead atoms. The zero-order valence-corrected chi connectivity index (χ0v) is 11.0. The van der Waals surface area contributed by atoms with E-state index in [1.807, 2.05) is 48.0 Å². The fourth-order valence-electron chi connectivity index (χ4n) is 1.55. The summed E-state index contributed by atoms with van der Waals surface area (Å²) in [6.07, 6.45) is 1.95. The first-order valence-electron chi connectivity index (χ1n) is 5.42. The molecule has 0 aliphatic carbocycles. The predicted molar refractivity (Wildman–Crippen MR) is 73.5 cm³/mol. The Labute approximate surface area is 106 Å². The van der Waals surface area contributed by atoms with Crippen molar-refractivity contribution >= 4 is 18.0 Å². The van der Waals surface area contributed by atoms with E-state index >= 15 is 0 Å². The van der Waals surface area contributed by atoms with Crippen LogP contribution in [0.4, 0.5) is 5.82 Å². The average Bonchev–Trinajstić information content (AvgIpc) is 2.30. The molecule has 2 rings (SSSR count). The van der Waals surface area contributed by atoms with Crippen molar-refractivity contribution in [1.29, 1.82) is 0 Å². The Balaban J connectivity index is 2.47. The molecular weight excluding hydrogens is 230 g/mol. The van der Waals surface area contributed by atoms with E-state index in [0.717, 1.165) is 11.5 Å². The predicted octanol–water partition coefficient (Wildman–Crippen LogP) is 2.98. The Bertz CT molecular complexity index is 570. The summed E-state index contributed by atoms with van der Waals surface area (Å²) in [7, 11) is 3.90. The third-order valence-electron chi connectivity index (χ3n) is 2.56. The number of hydrogen-bond acceptors (Lipinski definition) is 3. The number of aryl methyl sites for hydroxylation is 1. The lowest BCUT2D eigenvalue weighted by Gasteiger charge is -2.13. The van der Waals surface area contributed by atoms with Crippen LogP contribution in [0, 0.1) is 11.7 Å². The molecule has 0 saturated heterocycles. The maximum atomic E-state index is 5.30. The Kier molecular flexibility index (Phi) is 3.24. The highest BCUT2D eigenvalue weighted by atomic mass is 32.1. The van der Waals surface area contributed by atoms with Crippen LogP contribution in [-0.2, 0) is 0 Å². The van der Waals surface area contributed by atoms with Crippen molar-refractivity contribution in [2.45, 2.75) is 6.92 Å². The summed E-state index contributed by atoms with van der Waals surface area (Å²) in [5.41, 5.74) is 2.27. The molecule has 1 aromatic carbocycles. The Morgan fingerprint density at radius 2 is 1.76 bits per heavy atom. The quantitative estimate of drug-likeness (QED) is 0.759. The fourth-order valence-corrected chi connectivity index (χ4v) is 1.80. The van der Waals surface area contributed by atoms with Crippen LogP contribution in [0.2, 0.25) is 0 Å². The summed E-state index contributed by atoms with van der Waals surface area (Å²) in [5, 5.41) is 0. The molecule has 0 fully saturated rings. The molecule has 0 unspecified atom stereocenters. The van der Waals surface area contributed by atoms with Gasteiger partial charge in [-0.25, -0.2) is 4.98 Å². The second-order valence-electron chi connectivity index (χ2n) is 4.17. The van der Waals surface area contributed by atoms with Crippen LogP contribution < -0.4 is 4.90 Å². The maximum absolute atomic E-state index is 5.30. The molecular formula is C13H15N3S. The molecule has 0 amide bonds. The molecule has 3 nitrogen and oxygen atoms in total. The van der Waals surface area contributed by atoms with Crippen LogP contribution >= 0.6 is 12.2 Å². The highest BCUT2D eigenvalue weighted by Gasteiger charge is 2.01. The van der Waals surface area contributed by atoms with E-state index in [9.17, 15) is 0 Å². The fraction of sp³-hybridized carbons (Fsp3) is 0.231. The molecule has 2 aromatic rings. The lowest BCUT2D eigenvalue weighted by molar-refractivity contribution is 0.930. The van der Waals surface area contributed by atoms with Crippen molar-refractivity contribution in [2.24, 2.45) is 0 Å². The highest BCUT2D eigenvalue weighted by molar-refractivity contribution is 7.71. The van der Waals surface area contributed by atoms with Crippen molar-refractivity contribution in [3.8, 4) is 5.69 Å². The second kappa shape index (κ2) is 4.67. The Morgan fingerprint density at radius 1 is 1.12 bits per heavy atom. The van der Waals surface area contributed by atoms with E-state index in [4.69, 9.17) is 12.2 Å². The lowest BCUT2D eigenvalue weighted by Crippen LogP contribution is -2.12. The zero-order valence-electron chi connectivity index (χ0n) is 10.2. The van der Waals surface area contributed by atoms with Gasteiger partial charge in [0.05, 0.1) is 0 Å².